The summed E-state index contributed by atoms with van der Waals surface area (Å²) in [5.41, 5.74) is 0.748. The van der Waals surface area contributed by atoms with Gasteiger partial charge in [0.25, 0.3) is 0 Å². The molecule has 0 amide bonds. The fraction of sp³-hybridized carbons (Fsp3) is 0. The zero-order chi connectivity index (χ0) is 8.39. The van der Waals surface area contributed by atoms with Crippen molar-refractivity contribution in [3.8, 4) is 0 Å². The molecule has 0 bridgehead atoms. The standard InChI is InChI=1S/C9H6O2S/c10-12-9-6-5-7-3-1-2-4-8(7)11-9/h1-6H. The summed E-state index contributed by atoms with van der Waals surface area (Å²) >= 11 is 0.367. The number of benzene rings is 1. The predicted octanol–water partition coefficient (Wildman–Crippen LogP) is 2.18. The van der Waals surface area contributed by atoms with Crippen LogP contribution >= 0.6 is 0 Å². The van der Waals surface area contributed by atoms with Crippen LogP contribution in [0.5, 0.6) is 0 Å². The van der Waals surface area contributed by atoms with Crippen LogP contribution < -0.4 is 0 Å². The molecule has 60 valence electrons. The average molecular weight is 178 g/mol. The second kappa shape index (κ2) is 2.95. The summed E-state index contributed by atoms with van der Waals surface area (Å²) < 4.78 is 16.1. The van der Waals surface area contributed by atoms with Crippen LogP contribution in [0.15, 0.2) is 40.8 Å². The summed E-state index contributed by atoms with van der Waals surface area (Å²) in [6.07, 6.45) is 0. The zero-order valence-electron chi connectivity index (χ0n) is 6.19. The van der Waals surface area contributed by atoms with Gasteiger partial charge in [0, 0.05) is 5.39 Å². The lowest BCUT2D eigenvalue weighted by Crippen LogP contribution is -1.71. The van der Waals surface area contributed by atoms with E-state index in [9.17, 15) is 4.21 Å². The number of rotatable bonds is 0. The summed E-state index contributed by atoms with van der Waals surface area (Å²) in [7, 11) is 0. The van der Waals surface area contributed by atoms with Crippen LogP contribution in [0.3, 0.4) is 0 Å². The first-order chi connectivity index (χ1) is 5.90. The number of fused-ring (bicyclic) bond motifs is 1. The Morgan fingerprint density at radius 3 is 2.75 bits per heavy atom. The summed E-state index contributed by atoms with van der Waals surface area (Å²) in [5.74, 6) is 0. The Morgan fingerprint density at radius 2 is 1.92 bits per heavy atom. The molecule has 0 fully saturated rings. The molecule has 1 aromatic heterocycles. The topological polar surface area (TPSA) is 30.2 Å². The van der Waals surface area contributed by atoms with Crippen LogP contribution in [-0.2, 0) is 11.3 Å². The van der Waals surface area contributed by atoms with Gasteiger partial charge in [-0.2, -0.15) is 0 Å². The van der Waals surface area contributed by atoms with Crippen molar-refractivity contribution in [2.75, 3.05) is 0 Å². The van der Waals surface area contributed by atoms with Crippen LogP contribution in [-0.4, -0.2) is 4.21 Å². The molecule has 1 heterocycles. The van der Waals surface area contributed by atoms with Crippen molar-refractivity contribution >= 4 is 22.2 Å². The van der Waals surface area contributed by atoms with Crippen molar-refractivity contribution in [3.05, 3.63) is 41.1 Å². The fourth-order valence-electron chi connectivity index (χ4n) is 1.06. The first-order valence-corrected chi connectivity index (χ1v) is 4.26. The maximum Gasteiger partial charge on any atom is 0.219 e. The third kappa shape index (κ3) is 1.19. The van der Waals surface area contributed by atoms with E-state index in [1.807, 2.05) is 30.3 Å². The van der Waals surface area contributed by atoms with Crippen molar-refractivity contribution in [2.45, 2.75) is 0 Å². The van der Waals surface area contributed by atoms with Gasteiger partial charge in [0.2, 0.25) is 4.71 Å². The van der Waals surface area contributed by atoms with Crippen LogP contribution in [0.1, 0.15) is 0 Å². The van der Waals surface area contributed by atoms with Gasteiger partial charge in [0.05, 0.1) is 0 Å². The molecule has 0 unspecified atom stereocenters. The SMILES string of the molecule is O=S=c1ccc2ccccc2o1. The van der Waals surface area contributed by atoms with E-state index in [1.54, 1.807) is 6.07 Å². The third-order valence-electron chi connectivity index (χ3n) is 1.61. The highest BCUT2D eigenvalue weighted by Gasteiger charge is 1.91. The quantitative estimate of drug-likeness (QED) is 0.579. The van der Waals surface area contributed by atoms with Crippen LogP contribution in [0.4, 0.5) is 0 Å². The highest BCUT2D eigenvalue weighted by molar-refractivity contribution is 7.56. The zero-order valence-corrected chi connectivity index (χ0v) is 7.01. The number of hydrogen-bond acceptors (Lipinski definition) is 2. The van der Waals surface area contributed by atoms with E-state index in [4.69, 9.17) is 4.42 Å². The van der Waals surface area contributed by atoms with Gasteiger partial charge in [-0.25, -0.2) is 4.21 Å². The van der Waals surface area contributed by atoms with Crippen molar-refractivity contribution in [3.63, 3.8) is 0 Å². The molecule has 12 heavy (non-hydrogen) atoms. The van der Waals surface area contributed by atoms with Crippen molar-refractivity contribution in [2.24, 2.45) is 0 Å². The second-order valence-electron chi connectivity index (χ2n) is 2.38. The largest absolute Gasteiger partial charge is 0.443 e. The van der Waals surface area contributed by atoms with E-state index in [1.165, 1.54) is 0 Å². The Balaban J connectivity index is 2.94. The molecule has 0 aliphatic rings. The lowest BCUT2D eigenvalue weighted by Gasteiger charge is -1.92. The van der Waals surface area contributed by atoms with Gasteiger partial charge in [-0.3, -0.25) is 0 Å². The van der Waals surface area contributed by atoms with E-state index < -0.39 is 0 Å². The molecule has 0 saturated heterocycles. The van der Waals surface area contributed by atoms with Gasteiger partial charge in [-0.05, 0) is 18.2 Å². The van der Waals surface area contributed by atoms with Gasteiger partial charge in [0.1, 0.15) is 16.8 Å². The van der Waals surface area contributed by atoms with Crippen molar-refractivity contribution in [1.82, 2.24) is 0 Å². The second-order valence-corrected chi connectivity index (χ2v) is 2.94. The Hall–Kier alpha value is -1.35. The van der Waals surface area contributed by atoms with Gasteiger partial charge in [-0.15, -0.1) is 0 Å². The smallest absolute Gasteiger partial charge is 0.219 e. The highest BCUT2D eigenvalue weighted by atomic mass is 32.1. The summed E-state index contributed by atoms with van der Waals surface area (Å²) in [6, 6.07) is 11.2. The molecule has 1 aromatic carbocycles. The molecule has 0 aliphatic carbocycles. The predicted molar refractivity (Wildman–Crippen MR) is 47.6 cm³/mol. The molecule has 2 rings (SSSR count). The van der Waals surface area contributed by atoms with Gasteiger partial charge in [-0.1, -0.05) is 18.2 Å². The Kier molecular flexibility index (Phi) is 1.80. The Morgan fingerprint density at radius 1 is 1.08 bits per heavy atom. The summed E-state index contributed by atoms with van der Waals surface area (Å²) in [4.78, 5) is 0. The first-order valence-electron chi connectivity index (χ1n) is 3.52. The van der Waals surface area contributed by atoms with Gasteiger partial charge < -0.3 is 4.42 Å². The van der Waals surface area contributed by atoms with Crippen molar-refractivity contribution < 1.29 is 8.63 Å². The molecule has 0 aliphatic heterocycles. The van der Waals surface area contributed by atoms with Crippen LogP contribution in [0.25, 0.3) is 11.0 Å². The summed E-state index contributed by atoms with van der Waals surface area (Å²) in [5, 5.41) is 1.01. The summed E-state index contributed by atoms with van der Waals surface area (Å²) in [6.45, 7) is 0. The molecule has 2 nitrogen and oxygen atoms in total. The molecule has 2 aromatic rings. The van der Waals surface area contributed by atoms with E-state index in [0.717, 1.165) is 11.0 Å². The van der Waals surface area contributed by atoms with Crippen LogP contribution in [0, 0.1) is 4.71 Å². The minimum absolute atomic E-state index is 0.367. The average Bonchev–Trinajstić information content (AvgIpc) is 2.17. The molecule has 0 N–H and O–H groups in total. The van der Waals surface area contributed by atoms with E-state index in [-0.39, 0.29) is 0 Å². The lowest BCUT2D eigenvalue weighted by molar-refractivity contribution is 0.581. The van der Waals surface area contributed by atoms with Gasteiger partial charge in [0.15, 0.2) is 0 Å². The monoisotopic (exact) mass is 178 g/mol. The van der Waals surface area contributed by atoms with E-state index in [0.29, 0.717) is 16.0 Å². The Labute approximate surface area is 72.5 Å². The maximum absolute atomic E-state index is 10.4. The highest BCUT2D eigenvalue weighted by Crippen LogP contribution is 2.12. The first kappa shape index (κ1) is 7.31. The lowest BCUT2D eigenvalue weighted by atomic mass is 10.2. The van der Waals surface area contributed by atoms with E-state index >= 15 is 0 Å². The van der Waals surface area contributed by atoms with Gasteiger partial charge >= 0.3 is 0 Å². The minimum Gasteiger partial charge on any atom is -0.443 e. The fourth-order valence-corrected chi connectivity index (χ4v) is 1.30. The molecule has 3 heteroatoms. The molecule has 0 saturated carbocycles. The third-order valence-corrected chi connectivity index (χ3v) is 1.99. The Bertz CT molecular complexity index is 495. The minimum atomic E-state index is 0.367. The molecule has 0 spiro atoms. The molecule has 0 radical (unpaired) electrons. The molecule has 0 atom stereocenters. The van der Waals surface area contributed by atoms with E-state index in [2.05, 4.69) is 0 Å². The maximum atomic E-state index is 10.4. The molecular weight excluding hydrogens is 172 g/mol. The van der Waals surface area contributed by atoms with Crippen LogP contribution in [0.2, 0.25) is 0 Å². The normalized spacial score (nSPS) is 10.0. The molecular formula is C9H6O2S. The number of hydrogen-bond donors (Lipinski definition) is 0. The van der Waals surface area contributed by atoms with Crippen molar-refractivity contribution in [1.29, 1.82) is 0 Å². The number of para-hydroxylation sites is 1.